The smallest absolute Gasteiger partial charge is 0.373 e. The molecular weight excluding hydrogens is 228 g/mol. The Kier molecular flexibility index (Phi) is 4.41. The molecule has 98 valence electrons. The van der Waals surface area contributed by atoms with Crippen LogP contribution in [0, 0.1) is 5.92 Å². The average Bonchev–Trinajstić information content (AvgIpc) is 2.51. The first-order chi connectivity index (χ1) is 7.82. The van der Waals surface area contributed by atoms with Gasteiger partial charge >= 0.3 is 6.15 Å². The summed E-state index contributed by atoms with van der Waals surface area (Å²) in [5.41, 5.74) is 0. The molecule has 1 N–H and O–H groups in total. The third-order valence-electron chi connectivity index (χ3n) is 2.97. The van der Waals surface area contributed by atoms with Gasteiger partial charge < -0.3 is 19.3 Å². The Balaban J connectivity index is 0.000000437. The minimum absolute atomic E-state index is 0.0468. The molecule has 2 heterocycles. The molecule has 2 rings (SSSR count). The second kappa shape index (κ2) is 5.25. The summed E-state index contributed by atoms with van der Waals surface area (Å²) in [6, 6.07) is 0. The van der Waals surface area contributed by atoms with Gasteiger partial charge in [0, 0.05) is 5.92 Å². The molecule has 2 saturated heterocycles. The van der Waals surface area contributed by atoms with Gasteiger partial charge in [-0.05, 0) is 20.8 Å². The second-order valence-electron chi connectivity index (χ2n) is 4.74. The highest BCUT2D eigenvalue weighted by Crippen LogP contribution is 2.38. The van der Waals surface area contributed by atoms with E-state index in [1.54, 1.807) is 0 Å². The zero-order valence-electron chi connectivity index (χ0n) is 10.4. The normalized spacial score (nSPS) is 43.0. The number of hydrogen-bond donors (Lipinski definition) is 1. The summed E-state index contributed by atoms with van der Waals surface area (Å²) in [5.74, 6) is -0.557. The maximum Gasteiger partial charge on any atom is 0.373 e. The Bertz CT molecular complexity index is 296. The Hall–Kier alpha value is -0.780. The Morgan fingerprint density at radius 3 is 2.24 bits per heavy atom. The van der Waals surface area contributed by atoms with E-state index in [4.69, 9.17) is 23.8 Å². The minimum Gasteiger partial charge on any atom is -0.390 e. The summed E-state index contributed by atoms with van der Waals surface area (Å²) >= 11 is 0. The number of rotatable bonds is 0. The largest absolute Gasteiger partial charge is 0.390 e. The molecule has 6 heteroatoms. The van der Waals surface area contributed by atoms with Gasteiger partial charge in [0.05, 0.1) is 12.2 Å². The average molecular weight is 246 g/mol. The second-order valence-corrected chi connectivity index (χ2v) is 4.74. The molecule has 5 atom stereocenters. The molecule has 2 aliphatic heterocycles. The molecular formula is C11H18O6. The third-order valence-corrected chi connectivity index (χ3v) is 2.97. The Morgan fingerprint density at radius 2 is 1.71 bits per heavy atom. The highest BCUT2D eigenvalue weighted by molar-refractivity contribution is 5.20. The number of fused-ring (bicyclic) bond motifs is 1. The standard InChI is InChI=1S/C10H18O4.CO2/c1-5-7(11)6(2)12-9-8(5)13-10(3,4)14-9;2-1-3/h5-9,11H,1-4H3;/t5-,6?,7-,8?,9-;/m0./s1. The van der Waals surface area contributed by atoms with Crippen LogP contribution in [-0.2, 0) is 23.8 Å². The minimum atomic E-state index is -0.604. The molecule has 6 nitrogen and oxygen atoms in total. The van der Waals surface area contributed by atoms with Crippen LogP contribution in [-0.4, -0.2) is 41.6 Å². The summed E-state index contributed by atoms with van der Waals surface area (Å²) in [4.78, 5) is 16.2. The summed E-state index contributed by atoms with van der Waals surface area (Å²) in [6.45, 7) is 7.54. The van der Waals surface area contributed by atoms with E-state index < -0.39 is 11.9 Å². The first kappa shape index (κ1) is 14.3. The van der Waals surface area contributed by atoms with E-state index in [1.807, 2.05) is 27.7 Å². The molecule has 0 aliphatic carbocycles. The summed E-state index contributed by atoms with van der Waals surface area (Å²) < 4.78 is 16.8. The van der Waals surface area contributed by atoms with Gasteiger partial charge in [-0.25, -0.2) is 0 Å². The number of carbonyl (C=O) groups excluding carboxylic acids is 2. The van der Waals surface area contributed by atoms with Crippen LogP contribution in [0.25, 0.3) is 0 Å². The fraction of sp³-hybridized carbons (Fsp3) is 0.909. The fourth-order valence-corrected chi connectivity index (χ4v) is 2.13. The van der Waals surface area contributed by atoms with Crippen molar-refractivity contribution in [1.82, 2.24) is 0 Å². The fourth-order valence-electron chi connectivity index (χ4n) is 2.13. The van der Waals surface area contributed by atoms with Gasteiger partial charge in [-0.15, -0.1) is 0 Å². The number of aliphatic hydroxyl groups excluding tert-OH is 1. The van der Waals surface area contributed by atoms with Crippen LogP contribution in [0.15, 0.2) is 0 Å². The lowest BCUT2D eigenvalue weighted by Gasteiger charge is -2.37. The highest BCUT2D eigenvalue weighted by atomic mass is 16.8. The first-order valence-corrected chi connectivity index (χ1v) is 5.51. The van der Waals surface area contributed by atoms with Crippen molar-refractivity contribution in [3.8, 4) is 0 Å². The Labute approximate surface area is 99.8 Å². The van der Waals surface area contributed by atoms with Crippen LogP contribution in [0.4, 0.5) is 0 Å². The van der Waals surface area contributed by atoms with Crippen LogP contribution in [0.3, 0.4) is 0 Å². The first-order valence-electron chi connectivity index (χ1n) is 5.51. The maximum absolute atomic E-state index is 9.80. The van der Waals surface area contributed by atoms with Gasteiger partial charge in [0.25, 0.3) is 0 Å². The number of ether oxygens (including phenoxy) is 3. The van der Waals surface area contributed by atoms with Crippen molar-refractivity contribution in [1.29, 1.82) is 0 Å². The number of hydrogen-bond acceptors (Lipinski definition) is 6. The van der Waals surface area contributed by atoms with Crippen molar-refractivity contribution in [3.63, 3.8) is 0 Å². The monoisotopic (exact) mass is 246 g/mol. The van der Waals surface area contributed by atoms with Gasteiger partial charge in [0.1, 0.15) is 6.10 Å². The van der Waals surface area contributed by atoms with Gasteiger partial charge in [0.15, 0.2) is 12.1 Å². The summed E-state index contributed by atoms with van der Waals surface area (Å²) in [6.07, 6.45) is -0.910. The zero-order chi connectivity index (χ0) is 13.2. The molecule has 2 unspecified atom stereocenters. The molecule has 0 spiro atoms. The van der Waals surface area contributed by atoms with Gasteiger partial charge in [-0.1, -0.05) is 6.92 Å². The number of aliphatic hydroxyl groups is 1. The molecule has 0 bridgehead atoms. The molecule has 0 radical (unpaired) electrons. The van der Waals surface area contributed by atoms with Crippen molar-refractivity contribution < 1.29 is 28.9 Å². The topological polar surface area (TPSA) is 82.1 Å². The van der Waals surface area contributed by atoms with Crippen molar-refractivity contribution >= 4 is 6.15 Å². The van der Waals surface area contributed by atoms with Crippen LogP contribution >= 0.6 is 0 Å². The lowest BCUT2D eigenvalue weighted by atomic mass is 9.91. The molecule has 2 aliphatic rings. The van der Waals surface area contributed by atoms with Gasteiger partial charge in [0.2, 0.25) is 0 Å². The molecule has 2 fully saturated rings. The van der Waals surface area contributed by atoms with Gasteiger partial charge in [-0.2, -0.15) is 9.59 Å². The van der Waals surface area contributed by atoms with Crippen molar-refractivity contribution in [2.75, 3.05) is 0 Å². The van der Waals surface area contributed by atoms with E-state index in [0.29, 0.717) is 0 Å². The zero-order valence-corrected chi connectivity index (χ0v) is 10.4. The predicted octanol–water partition coefficient (Wildman–Crippen LogP) is 0.296. The lowest BCUT2D eigenvalue weighted by Crippen LogP contribution is -2.50. The summed E-state index contributed by atoms with van der Waals surface area (Å²) in [5, 5.41) is 9.80. The maximum atomic E-state index is 9.80. The lowest BCUT2D eigenvalue weighted by molar-refractivity contribution is -0.233. The molecule has 0 aromatic carbocycles. The SMILES string of the molecule is CC1O[C@H]2OC(C)(C)OC2[C@@H](C)[C@@H]1O.O=C=O. The van der Waals surface area contributed by atoms with E-state index in [0.717, 1.165) is 0 Å². The van der Waals surface area contributed by atoms with Crippen molar-refractivity contribution in [2.45, 2.75) is 58.1 Å². The quantitative estimate of drug-likeness (QED) is 0.661. The Morgan fingerprint density at radius 1 is 1.18 bits per heavy atom. The highest BCUT2D eigenvalue weighted by Gasteiger charge is 2.51. The van der Waals surface area contributed by atoms with Crippen LogP contribution in [0.1, 0.15) is 27.7 Å². The van der Waals surface area contributed by atoms with E-state index in [2.05, 4.69) is 0 Å². The molecule has 0 aromatic heterocycles. The predicted molar refractivity (Wildman–Crippen MR) is 54.5 cm³/mol. The molecule has 0 saturated carbocycles. The third kappa shape index (κ3) is 3.12. The van der Waals surface area contributed by atoms with Crippen molar-refractivity contribution in [2.24, 2.45) is 5.92 Å². The van der Waals surface area contributed by atoms with E-state index in [-0.39, 0.29) is 30.6 Å². The molecule has 17 heavy (non-hydrogen) atoms. The van der Waals surface area contributed by atoms with Crippen LogP contribution < -0.4 is 0 Å². The van der Waals surface area contributed by atoms with Crippen LogP contribution in [0.5, 0.6) is 0 Å². The molecule has 0 amide bonds. The van der Waals surface area contributed by atoms with E-state index in [9.17, 15) is 5.11 Å². The van der Waals surface area contributed by atoms with Crippen LogP contribution in [0.2, 0.25) is 0 Å². The summed E-state index contributed by atoms with van der Waals surface area (Å²) in [7, 11) is 0. The molecule has 0 aromatic rings. The van der Waals surface area contributed by atoms with Crippen molar-refractivity contribution in [3.05, 3.63) is 0 Å². The van der Waals surface area contributed by atoms with E-state index >= 15 is 0 Å². The van der Waals surface area contributed by atoms with E-state index in [1.165, 1.54) is 0 Å². The van der Waals surface area contributed by atoms with Gasteiger partial charge in [-0.3, -0.25) is 0 Å².